The van der Waals surface area contributed by atoms with Gasteiger partial charge in [0.2, 0.25) is 0 Å². The van der Waals surface area contributed by atoms with Gasteiger partial charge in [-0.25, -0.2) is 9.59 Å². The predicted octanol–water partition coefficient (Wildman–Crippen LogP) is 6.74. The van der Waals surface area contributed by atoms with Crippen molar-refractivity contribution in [1.29, 1.82) is 0 Å². The molecule has 4 bridgehead atoms. The molecule has 0 spiro atoms. The Labute approximate surface area is 213 Å². The molecule has 196 valence electrons. The quantitative estimate of drug-likeness (QED) is 0.233. The molecule has 0 aliphatic heterocycles. The molecule has 0 amide bonds. The molecule has 4 aliphatic rings. The van der Waals surface area contributed by atoms with Gasteiger partial charge in [-0.1, -0.05) is 12.7 Å². The van der Waals surface area contributed by atoms with Crippen LogP contribution in [0.5, 0.6) is 11.5 Å². The minimum absolute atomic E-state index is 0.0483. The van der Waals surface area contributed by atoms with Crippen LogP contribution in [0.1, 0.15) is 70.4 Å². The number of benzene rings is 2. The summed E-state index contributed by atoms with van der Waals surface area (Å²) in [5.74, 6) is 0.548. The molecule has 0 aromatic heterocycles. The van der Waals surface area contributed by atoms with Crippen LogP contribution in [0.25, 0.3) is 0 Å². The van der Waals surface area contributed by atoms with Gasteiger partial charge in [-0.3, -0.25) is 0 Å². The first-order valence-corrected chi connectivity index (χ1v) is 12.5. The Kier molecular flexibility index (Phi) is 6.54. The molecule has 4 fully saturated rings. The van der Waals surface area contributed by atoms with Gasteiger partial charge in [-0.15, -0.1) is 0 Å². The Hall–Kier alpha value is -3.29. The Morgan fingerprint density at radius 1 is 1.00 bits per heavy atom. The van der Waals surface area contributed by atoms with E-state index in [1.165, 1.54) is 25.3 Å². The normalized spacial score (nSPS) is 26.0. The molecule has 37 heavy (non-hydrogen) atoms. The van der Waals surface area contributed by atoms with E-state index in [1.807, 2.05) is 0 Å². The first-order chi connectivity index (χ1) is 17.6. The number of esters is 2. The summed E-state index contributed by atoms with van der Waals surface area (Å²) in [7, 11) is 1.61. The minimum Gasteiger partial charge on any atom is -0.496 e. The highest BCUT2D eigenvalue weighted by Crippen LogP contribution is 2.62. The summed E-state index contributed by atoms with van der Waals surface area (Å²) in [4.78, 5) is 25.2. The average molecular weight is 515 g/mol. The third kappa shape index (κ3) is 4.86. The monoisotopic (exact) mass is 514 g/mol. The molecular weight excluding hydrogens is 485 g/mol. The second kappa shape index (κ2) is 9.54. The molecule has 4 saturated carbocycles. The zero-order chi connectivity index (χ0) is 26.4. The van der Waals surface area contributed by atoms with E-state index < -0.39 is 29.2 Å². The summed E-state index contributed by atoms with van der Waals surface area (Å²) in [6.45, 7) is 3.15. The zero-order valence-electron chi connectivity index (χ0n) is 20.6. The largest absolute Gasteiger partial charge is 0.496 e. The van der Waals surface area contributed by atoms with Crippen molar-refractivity contribution in [3.63, 3.8) is 0 Å². The van der Waals surface area contributed by atoms with Crippen LogP contribution < -0.4 is 9.47 Å². The molecule has 0 radical (unpaired) electrons. The number of methoxy groups -OCH3 is 1. The van der Waals surface area contributed by atoms with Crippen molar-refractivity contribution in [2.75, 3.05) is 13.7 Å². The number of carbonyl (C=O) groups is 2. The van der Waals surface area contributed by atoms with Crippen LogP contribution in [-0.2, 0) is 16.3 Å². The Morgan fingerprint density at radius 2 is 1.65 bits per heavy atom. The molecular formula is C29H29F3O5. The van der Waals surface area contributed by atoms with Crippen molar-refractivity contribution in [2.45, 2.75) is 50.1 Å². The number of ether oxygens (including phenoxy) is 3. The molecule has 0 saturated heterocycles. The molecule has 6 rings (SSSR count). The van der Waals surface area contributed by atoms with Crippen LogP contribution in [-0.4, -0.2) is 25.7 Å². The van der Waals surface area contributed by atoms with Crippen molar-refractivity contribution < 1.29 is 37.0 Å². The molecule has 0 heterocycles. The minimum atomic E-state index is -4.85. The van der Waals surface area contributed by atoms with Gasteiger partial charge in [0.25, 0.3) is 0 Å². The highest BCUT2D eigenvalue weighted by molar-refractivity contribution is 5.93. The average Bonchev–Trinajstić information content (AvgIpc) is 2.85. The number of alkyl halides is 3. The molecule has 8 heteroatoms. The highest BCUT2D eigenvalue weighted by Gasteiger charge is 2.52. The van der Waals surface area contributed by atoms with Gasteiger partial charge in [0.15, 0.2) is 0 Å². The fourth-order valence-corrected chi connectivity index (χ4v) is 7.07. The van der Waals surface area contributed by atoms with Crippen LogP contribution in [0.15, 0.2) is 49.1 Å². The van der Waals surface area contributed by atoms with E-state index in [0.29, 0.717) is 23.8 Å². The van der Waals surface area contributed by atoms with Crippen LogP contribution in [0, 0.1) is 17.8 Å². The first-order valence-electron chi connectivity index (χ1n) is 12.5. The van der Waals surface area contributed by atoms with Gasteiger partial charge in [-0.2, -0.15) is 13.2 Å². The maximum atomic E-state index is 13.7. The van der Waals surface area contributed by atoms with Gasteiger partial charge in [0.1, 0.15) is 18.1 Å². The van der Waals surface area contributed by atoms with E-state index in [1.54, 1.807) is 25.3 Å². The molecule has 4 aliphatic carbocycles. The summed E-state index contributed by atoms with van der Waals surface area (Å²) < 4.78 is 56.8. The van der Waals surface area contributed by atoms with Gasteiger partial charge >= 0.3 is 18.1 Å². The van der Waals surface area contributed by atoms with Crippen LogP contribution in [0.2, 0.25) is 0 Å². The lowest BCUT2D eigenvalue weighted by Crippen LogP contribution is -2.48. The van der Waals surface area contributed by atoms with E-state index in [2.05, 4.69) is 6.58 Å². The molecule has 5 nitrogen and oxygen atoms in total. The standard InChI is InChI=1S/C29H29F3O5/c1-3-8-36-27(34)22-6-5-21(13-23(22)29(30,31)32)37-26(33)20-4-7-25(35-2)24(12-20)28-14-17-9-18(15-28)11-19(10-17)16-28/h3-7,12-13,17-19H,1,8-11,14-16H2,2H3. The predicted molar refractivity (Wildman–Crippen MR) is 130 cm³/mol. The van der Waals surface area contributed by atoms with Crippen molar-refractivity contribution in [3.8, 4) is 11.5 Å². The van der Waals surface area contributed by atoms with E-state index in [9.17, 15) is 22.8 Å². The second-order valence-corrected chi connectivity index (χ2v) is 10.6. The molecule has 0 atom stereocenters. The lowest BCUT2D eigenvalue weighted by Gasteiger charge is -2.57. The third-order valence-corrected chi connectivity index (χ3v) is 8.10. The topological polar surface area (TPSA) is 61.8 Å². The third-order valence-electron chi connectivity index (χ3n) is 8.10. The van der Waals surface area contributed by atoms with E-state index in [4.69, 9.17) is 14.2 Å². The smallest absolute Gasteiger partial charge is 0.417 e. The Bertz CT molecular complexity index is 1200. The first kappa shape index (κ1) is 25.4. The van der Waals surface area contributed by atoms with Crippen molar-refractivity contribution in [1.82, 2.24) is 0 Å². The van der Waals surface area contributed by atoms with Gasteiger partial charge in [0.05, 0.1) is 23.8 Å². The highest BCUT2D eigenvalue weighted by atomic mass is 19.4. The SMILES string of the molecule is C=CCOC(=O)c1ccc(OC(=O)c2ccc(OC)c(C34CC5CC(CC(C5)C3)C4)c2)cc1C(F)(F)F. The molecule has 2 aromatic rings. The van der Waals surface area contributed by atoms with E-state index >= 15 is 0 Å². The van der Waals surface area contributed by atoms with Gasteiger partial charge < -0.3 is 14.2 Å². The number of hydrogen-bond acceptors (Lipinski definition) is 5. The van der Waals surface area contributed by atoms with Crippen molar-refractivity contribution >= 4 is 11.9 Å². The second-order valence-electron chi connectivity index (χ2n) is 10.6. The van der Waals surface area contributed by atoms with Crippen LogP contribution in [0.3, 0.4) is 0 Å². The summed E-state index contributed by atoms with van der Waals surface area (Å²) in [5.41, 5.74) is -0.722. The maximum absolute atomic E-state index is 13.7. The lowest BCUT2D eigenvalue weighted by molar-refractivity contribution is -0.138. The lowest BCUT2D eigenvalue weighted by atomic mass is 9.48. The van der Waals surface area contributed by atoms with Crippen LogP contribution >= 0.6 is 0 Å². The molecule has 2 aromatic carbocycles. The van der Waals surface area contributed by atoms with Gasteiger partial charge in [-0.05, 0) is 98.1 Å². The summed E-state index contributed by atoms with van der Waals surface area (Å²) in [5, 5.41) is 0. The van der Waals surface area contributed by atoms with Crippen LogP contribution in [0.4, 0.5) is 13.2 Å². The van der Waals surface area contributed by atoms with Crippen molar-refractivity contribution in [2.24, 2.45) is 17.8 Å². The molecule has 0 N–H and O–H groups in total. The van der Waals surface area contributed by atoms with Gasteiger partial charge in [0, 0.05) is 5.56 Å². The summed E-state index contributed by atoms with van der Waals surface area (Å²) in [6.07, 6.45) is 3.39. The number of rotatable bonds is 7. The maximum Gasteiger partial charge on any atom is 0.417 e. The fourth-order valence-electron chi connectivity index (χ4n) is 7.07. The van der Waals surface area contributed by atoms with E-state index in [-0.39, 0.29) is 23.3 Å². The Morgan fingerprint density at radius 3 is 2.22 bits per heavy atom. The summed E-state index contributed by atoms with van der Waals surface area (Å²) in [6, 6.07) is 7.85. The Balaban J connectivity index is 1.42. The zero-order valence-corrected chi connectivity index (χ0v) is 20.6. The number of carbonyl (C=O) groups excluding carboxylic acids is 2. The van der Waals surface area contributed by atoms with E-state index in [0.717, 1.165) is 42.7 Å². The summed E-state index contributed by atoms with van der Waals surface area (Å²) >= 11 is 0. The number of hydrogen-bond donors (Lipinski definition) is 0. The molecule has 0 unspecified atom stereocenters. The fraction of sp³-hybridized carbons (Fsp3) is 0.448. The number of halogens is 3. The van der Waals surface area contributed by atoms with Crippen molar-refractivity contribution in [3.05, 3.63) is 71.3 Å².